The molecule has 1 N–H and O–H groups in total. The van der Waals surface area contributed by atoms with Crippen LogP contribution in [0.4, 0.5) is 11.4 Å². The Kier molecular flexibility index (Phi) is 5.88. The molecule has 2 aromatic carbocycles. The molecule has 0 saturated carbocycles. The quantitative estimate of drug-likeness (QED) is 0.755. The summed E-state index contributed by atoms with van der Waals surface area (Å²) in [7, 11) is -3.54. The third kappa shape index (κ3) is 4.51. The molecule has 1 aliphatic heterocycles. The maximum absolute atomic E-state index is 12.8. The average molecular weight is 427 g/mol. The van der Waals surface area contributed by atoms with E-state index in [1.54, 1.807) is 12.1 Å². The molecule has 0 fully saturated rings. The van der Waals surface area contributed by atoms with Crippen molar-refractivity contribution in [1.29, 1.82) is 0 Å². The lowest BCUT2D eigenvalue weighted by atomic mass is 10.2. The topological polar surface area (TPSA) is 75.7 Å². The molecule has 0 saturated heterocycles. The fourth-order valence-corrected chi connectivity index (χ4v) is 4.50. The zero-order valence-corrected chi connectivity index (χ0v) is 17.2. The number of ether oxygens (including phenoxy) is 1. The molecular weight excluding hydrogens is 408 g/mol. The SMILES string of the molecule is CSc1ccccc1NC(=O)[C@H]1CCN(S(C)(=O)=O)c2cc(Cl)ccc2O1. The Morgan fingerprint density at radius 3 is 2.74 bits per heavy atom. The van der Waals surface area contributed by atoms with Gasteiger partial charge < -0.3 is 10.1 Å². The van der Waals surface area contributed by atoms with Crippen molar-refractivity contribution in [2.24, 2.45) is 0 Å². The molecule has 0 aliphatic carbocycles. The Balaban J connectivity index is 1.89. The van der Waals surface area contributed by atoms with E-state index in [1.165, 1.54) is 22.1 Å². The number of carbonyl (C=O) groups excluding carboxylic acids is 1. The van der Waals surface area contributed by atoms with Crippen LogP contribution in [0.25, 0.3) is 0 Å². The average Bonchev–Trinajstić information content (AvgIpc) is 2.81. The third-order valence-electron chi connectivity index (χ3n) is 4.11. The van der Waals surface area contributed by atoms with Crippen LogP contribution in [0, 0.1) is 0 Å². The van der Waals surface area contributed by atoms with Crippen LogP contribution >= 0.6 is 23.4 Å². The van der Waals surface area contributed by atoms with Gasteiger partial charge in [0.05, 0.1) is 17.6 Å². The van der Waals surface area contributed by atoms with Gasteiger partial charge in [0, 0.05) is 22.9 Å². The van der Waals surface area contributed by atoms with Gasteiger partial charge in [-0.15, -0.1) is 11.8 Å². The van der Waals surface area contributed by atoms with Crippen LogP contribution in [-0.2, 0) is 14.8 Å². The number of thioether (sulfide) groups is 1. The largest absolute Gasteiger partial charge is 0.478 e. The van der Waals surface area contributed by atoms with E-state index in [-0.39, 0.29) is 18.9 Å². The molecule has 27 heavy (non-hydrogen) atoms. The standard InChI is InChI=1S/C18H19ClN2O4S2/c1-26-17-6-4-3-5-13(17)20-18(22)16-9-10-21(27(2,23)24)14-11-12(19)7-8-15(14)25-16/h3-8,11,16H,9-10H2,1-2H3,(H,20,22)/t16-/m1/s1. The van der Waals surface area contributed by atoms with Crippen LogP contribution < -0.4 is 14.4 Å². The van der Waals surface area contributed by atoms with Gasteiger partial charge in [-0.1, -0.05) is 23.7 Å². The van der Waals surface area contributed by atoms with E-state index in [0.29, 0.717) is 22.1 Å². The van der Waals surface area contributed by atoms with Gasteiger partial charge >= 0.3 is 0 Å². The Morgan fingerprint density at radius 1 is 1.30 bits per heavy atom. The summed E-state index contributed by atoms with van der Waals surface area (Å²) in [5.41, 5.74) is 1.03. The fourth-order valence-electron chi connectivity index (χ4n) is 2.84. The molecule has 3 rings (SSSR count). The van der Waals surface area contributed by atoms with Crippen LogP contribution in [0.15, 0.2) is 47.4 Å². The zero-order chi connectivity index (χ0) is 19.6. The Hall–Kier alpha value is -1.90. The molecule has 2 aromatic rings. The molecule has 9 heteroatoms. The van der Waals surface area contributed by atoms with Gasteiger partial charge in [0.15, 0.2) is 6.10 Å². The minimum Gasteiger partial charge on any atom is -0.478 e. The molecule has 0 aromatic heterocycles. The van der Waals surface area contributed by atoms with Crippen LogP contribution in [0.1, 0.15) is 6.42 Å². The molecule has 1 amide bonds. The van der Waals surface area contributed by atoms with E-state index < -0.39 is 16.1 Å². The second-order valence-corrected chi connectivity index (χ2v) is 9.22. The predicted octanol–water partition coefficient (Wildman–Crippen LogP) is 3.62. The van der Waals surface area contributed by atoms with Gasteiger partial charge in [-0.3, -0.25) is 9.10 Å². The van der Waals surface area contributed by atoms with E-state index >= 15 is 0 Å². The summed E-state index contributed by atoms with van der Waals surface area (Å²) in [4.78, 5) is 13.7. The van der Waals surface area contributed by atoms with Crippen LogP contribution in [0.2, 0.25) is 5.02 Å². The number of anilines is 2. The Labute approximate surface area is 167 Å². The van der Waals surface area contributed by atoms with Crippen LogP contribution in [-0.4, -0.2) is 39.5 Å². The lowest BCUT2D eigenvalue weighted by Gasteiger charge is -2.21. The van der Waals surface area contributed by atoms with Gasteiger partial charge in [-0.05, 0) is 36.6 Å². The highest BCUT2D eigenvalue weighted by Gasteiger charge is 2.31. The highest BCUT2D eigenvalue weighted by Crippen LogP contribution is 2.36. The van der Waals surface area contributed by atoms with Crippen molar-refractivity contribution in [3.8, 4) is 5.75 Å². The molecule has 0 spiro atoms. The van der Waals surface area contributed by atoms with Crippen LogP contribution in [0.5, 0.6) is 5.75 Å². The number of sulfonamides is 1. The highest BCUT2D eigenvalue weighted by atomic mass is 35.5. The van der Waals surface area contributed by atoms with E-state index in [0.717, 1.165) is 11.2 Å². The summed E-state index contributed by atoms with van der Waals surface area (Å²) in [6.45, 7) is 0.119. The molecule has 1 atom stereocenters. The van der Waals surface area contributed by atoms with Crippen molar-refractivity contribution in [3.05, 3.63) is 47.5 Å². The van der Waals surface area contributed by atoms with Crippen molar-refractivity contribution in [1.82, 2.24) is 0 Å². The number of nitrogens with one attached hydrogen (secondary N) is 1. The summed E-state index contributed by atoms with van der Waals surface area (Å²) in [5.74, 6) is -0.0200. The summed E-state index contributed by atoms with van der Waals surface area (Å²) >= 11 is 7.55. The molecule has 0 radical (unpaired) electrons. The van der Waals surface area contributed by atoms with E-state index in [2.05, 4.69) is 5.32 Å². The summed E-state index contributed by atoms with van der Waals surface area (Å²) in [5, 5.41) is 3.27. The van der Waals surface area contributed by atoms with Crippen molar-refractivity contribution in [2.75, 3.05) is 28.7 Å². The smallest absolute Gasteiger partial charge is 0.265 e. The number of benzene rings is 2. The second-order valence-electron chi connectivity index (χ2n) is 6.03. The summed E-state index contributed by atoms with van der Waals surface area (Å²) in [6.07, 6.45) is 2.43. The molecular formula is C18H19ClN2O4S2. The van der Waals surface area contributed by atoms with Gasteiger partial charge in [0.1, 0.15) is 5.75 Å². The number of fused-ring (bicyclic) bond motifs is 1. The molecule has 0 unspecified atom stereocenters. The number of nitrogens with zero attached hydrogens (tertiary/aromatic N) is 1. The Morgan fingerprint density at radius 2 is 2.04 bits per heavy atom. The molecule has 144 valence electrons. The number of hydrogen-bond acceptors (Lipinski definition) is 5. The van der Waals surface area contributed by atoms with Crippen molar-refractivity contribution >= 4 is 50.7 Å². The minimum atomic E-state index is -3.54. The first-order chi connectivity index (χ1) is 12.8. The molecule has 1 heterocycles. The number of hydrogen-bond donors (Lipinski definition) is 1. The first kappa shape index (κ1) is 19.9. The minimum absolute atomic E-state index is 0.119. The third-order valence-corrected chi connectivity index (χ3v) is 6.32. The van der Waals surface area contributed by atoms with Crippen molar-refractivity contribution < 1.29 is 17.9 Å². The van der Waals surface area contributed by atoms with Gasteiger partial charge in [0.2, 0.25) is 10.0 Å². The summed E-state index contributed by atoms with van der Waals surface area (Å²) in [6, 6.07) is 12.2. The predicted molar refractivity (Wildman–Crippen MR) is 110 cm³/mol. The second kappa shape index (κ2) is 8.00. The molecule has 1 aliphatic rings. The number of amides is 1. The van der Waals surface area contributed by atoms with Crippen molar-refractivity contribution in [3.63, 3.8) is 0 Å². The van der Waals surface area contributed by atoms with Gasteiger partial charge in [-0.25, -0.2) is 8.42 Å². The first-order valence-electron chi connectivity index (χ1n) is 8.17. The number of carbonyl (C=O) groups is 1. The monoisotopic (exact) mass is 426 g/mol. The fraction of sp³-hybridized carbons (Fsp3) is 0.278. The normalized spacial score (nSPS) is 16.9. The maximum Gasteiger partial charge on any atom is 0.265 e. The van der Waals surface area contributed by atoms with E-state index in [4.69, 9.17) is 16.3 Å². The highest BCUT2D eigenvalue weighted by molar-refractivity contribution is 7.98. The number of halogens is 1. The lowest BCUT2D eigenvalue weighted by molar-refractivity contribution is -0.122. The number of rotatable bonds is 4. The summed E-state index contributed by atoms with van der Waals surface area (Å²) < 4.78 is 31.5. The first-order valence-corrected chi connectivity index (χ1v) is 11.6. The lowest BCUT2D eigenvalue weighted by Crippen LogP contribution is -2.36. The zero-order valence-electron chi connectivity index (χ0n) is 14.8. The Bertz CT molecular complexity index is 966. The van der Waals surface area contributed by atoms with Gasteiger partial charge in [-0.2, -0.15) is 0 Å². The number of para-hydroxylation sites is 1. The van der Waals surface area contributed by atoms with Crippen LogP contribution in [0.3, 0.4) is 0 Å². The molecule has 6 nitrogen and oxygen atoms in total. The van der Waals surface area contributed by atoms with Gasteiger partial charge in [0.25, 0.3) is 5.91 Å². The van der Waals surface area contributed by atoms with Crippen molar-refractivity contribution in [2.45, 2.75) is 17.4 Å². The molecule has 0 bridgehead atoms. The van der Waals surface area contributed by atoms with E-state index in [9.17, 15) is 13.2 Å². The maximum atomic E-state index is 12.8. The van der Waals surface area contributed by atoms with E-state index in [1.807, 2.05) is 30.5 Å².